The molecule has 2 radical (unpaired) electrons. The molecule has 1 fully saturated rings. The number of nitrogens with one attached hydrogen (secondary N) is 1. The fourth-order valence-corrected chi connectivity index (χ4v) is 4.27. The van der Waals surface area contributed by atoms with E-state index in [9.17, 15) is 0 Å². The van der Waals surface area contributed by atoms with Gasteiger partial charge in [0, 0.05) is 66.8 Å². The summed E-state index contributed by atoms with van der Waals surface area (Å²) in [6.07, 6.45) is 7.59. The predicted molar refractivity (Wildman–Crippen MR) is 127 cm³/mol. The first kappa shape index (κ1) is 19.0. The van der Waals surface area contributed by atoms with E-state index in [2.05, 4.69) is 37.4 Å². The maximum atomic E-state index is 6.07. The van der Waals surface area contributed by atoms with E-state index in [1.165, 1.54) is 0 Å². The number of benzene rings is 1. The Morgan fingerprint density at radius 1 is 0.875 bits per heavy atom. The largest absolute Gasteiger partial charge is 0.354 e. The lowest BCUT2D eigenvalue weighted by Gasteiger charge is -2.28. The van der Waals surface area contributed by atoms with Crippen LogP contribution in [0, 0.1) is 0 Å². The van der Waals surface area contributed by atoms with Crippen LogP contribution in [-0.2, 0) is 0 Å². The Bertz CT molecular complexity index is 1420. The number of fused-ring (bicyclic) bond motifs is 2. The van der Waals surface area contributed by atoms with Crippen molar-refractivity contribution in [2.24, 2.45) is 0 Å². The van der Waals surface area contributed by atoms with Crippen LogP contribution >= 0.6 is 0 Å². The van der Waals surface area contributed by atoms with Crippen molar-refractivity contribution in [1.82, 2.24) is 29.9 Å². The standard InChI is InChI=1S/C24H20BN7/c25-22-11-19(18-3-1-2-4-21(18)30-22)20-14-29-32-15-17(13-28-24(20)32)16-5-6-23(27-12-16)31-9-7-26-8-10-31/h1-6,11-15,26H,7-10H2. The molecule has 0 saturated carbocycles. The van der Waals surface area contributed by atoms with Crippen LogP contribution in [-0.4, -0.2) is 58.6 Å². The molecule has 1 N–H and O–H groups in total. The summed E-state index contributed by atoms with van der Waals surface area (Å²) < 4.78 is 1.81. The van der Waals surface area contributed by atoms with Crippen LogP contribution in [0.3, 0.4) is 0 Å². The van der Waals surface area contributed by atoms with E-state index in [-0.39, 0.29) is 0 Å². The Morgan fingerprint density at radius 3 is 2.56 bits per heavy atom. The van der Waals surface area contributed by atoms with Gasteiger partial charge in [-0.05, 0) is 35.4 Å². The monoisotopic (exact) mass is 417 g/mol. The average Bonchev–Trinajstić information content (AvgIpc) is 3.27. The molecule has 1 aliphatic rings. The van der Waals surface area contributed by atoms with Crippen LogP contribution in [0.5, 0.6) is 0 Å². The van der Waals surface area contributed by atoms with E-state index in [0.29, 0.717) is 5.59 Å². The lowest BCUT2D eigenvalue weighted by atomic mass is 9.96. The Hall–Kier alpha value is -3.78. The Morgan fingerprint density at radius 2 is 1.72 bits per heavy atom. The average molecular weight is 417 g/mol. The molecule has 0 atom stereocenters. The topological polar surface area (TPSA) is 71.2 Å². The third-order valence-corrected chi connectivity index (χ3v) is 5.90. The van der Waals surface area contributed by atoms with Gasteiger partial charge in [-0.15, -0.1) is 0 Å². The van der Waals surface area contributed by atoms with Gasteiger partial charge < -0.3 is 10.2 Å². The number of rotatable bonds is 3. The number of hydrogen-bond donors (Lipinski definition) is 1. The van der Waals surface area contributed by atoms with Crippen LogP contribution < -0.4 is 15.8 Å². The van der Waals surface area contributed by atoms with Gasteiger partial charge in [0.15, 0.2) is 5.65 Å². The Labute approximate surface area is 186 Å². The summed E-state index contributed by atoms with van der Waals surface area (Å²) >= 11 is 0. The molecule has 0 amide bonds. The maximum Gasteiger partial charge on any atom is 0.162 e. The zero-order chi connectivity index (χ0) is 21.5. The van der Waals surface area contributed by atoms with Crippen LogP contribution in [0.4, 0.5) is 5.82 Å². The van der Waals surface area contributed by atoms with Gasteiger partial charge in [0.25, 0.3) is 0 Å². The highest BCUT2D eigenvalue weighted by Crippen LogP contribution is 2.30. The molecule has 5 aromatic rings. The fraction of sp³-hybridized carbons (Fsp3) is 0.167. The molecular weight excluding hydrogens is 397 g/mol. The first-order valence-electron chi connectivity index (χ1n) is 10.7. The van der Waals surface area contributed by atoms with Crippen molar-refractivity contribution in [2.45, 2.75) is 0 Å². The van der Waals surface area contributed by atoms with Crippen molar-refractivity contribution in [2.75, 3.05) is 31.1 Å². The van der Waals surface area contributed by atoms with Gasteiger partial charge in [0.2, 0.25) is 0 Å². The first-order chi connectivity index (χ1) is 15.8. The summed E-state index contributed by atoms with van der Waals surface area (Å²) in [6.45, 7) is 3.93. The molecule has 0 bridgehead atoms. The molecule has 5 heterocycles. The van der Waals surface area contributed by atoms with Gasteiger partial charge in [-0.25, -0.2) is 14.5 Å². The highest BCUT2D eigenvalue weighted by Gasteiger charge is 2.14. The summed E-state index contributed by atoms with van der Waals surface area (Å²) in [5.74, 6) is 1.01. The summed E-state index contributed by atoms with van der Waals surface area (Å²) in [7, 11) is 6.07. The van der Waals surface area contributed by atoms with Gasteiger partial charge in [-0.1, -0.05) is 18.2 Å². The summed E-state index contributed by atoms with van der Waals surface area (Å²) in [5, 5.41) is 8.96. The number of aromatic nitrogens is 5. The van der Waals surface area contributed by atoms with Gasteiger partial charge >= 0.3 is 0 Å². The minimum Gasteiger partial charge on any atom is -0.354 e. The molecule has 0 aliphatic carbocycles. The van der Waals surface area contributed by atoms with E-state index in [4.69, 9.17) is 12.8 Å². The molecule has 0 unspecified atom stereocenters. The van der Waals surface area contributed by atoms with E-state index in [1.54, 1.807) is 4.52 Å². The second-order valence-electron chi connectivity index (χ2n) is 7.92. The van der Waals surface area contributed by atoms with E-state index in [0.717, 1.165) is 70.8 Å². The number of piperazine rings is 1. The SMILES string of the molecule is [B]c1cc(-c2cnn3cc(-c4ccc(N5CCNCC5)nc4)cnc23)c2ccccc2n1. The van der Waals surface area contributed by atoms with Crippen LogP contribution in [0.2, 0.25) is 0 Å². The van der Waals surface area contributed by atoms with Crippen LogP contribution in [0.25, 0.3) is 38.8 Å². The third-order valence-electron chi connectivity index (χ3n) is 5.90. The highest BCUT2D eigenvalue weighted by atomic mass is 15.2. The molecule has 6 rings (SSSR count). The molecule has 32 heavy (non-hydrogen) atoms. The van der Waals surface area contributed by atoms with Crippen molar-refractivity contribution in [3.63, 3.8) is 0 Å². The second-order valence-corrected chi connectivity index (χ2v) is 7.92. The van der Waals surface area contributed by atoms with E-state index >= 15 is 0 Å². The van der Waals surface area contributed by atoms with Crippen molar-refractivity contribution in [1.29, 1.82) is 0 Å². The number of hydrogen-bond acceptors (Lipinski definition) is 6. The first-order valence-corrected chi connectivity index (χ1v) is 10.7. The quantitative estimate of drug-likeness (QED) is 0.454. The fourth-order valence-electron chi connectivity index (χ4n) is 4.27. The molecule has 1 saturated heterocycles. The van der Waals surface area contributed by atoms with Crippen molar-refractivity contribution < 1.29 is 0 Å². The van der Waals surface area contributed by atoms with Gasteiger partial charge in [-0.3, -0.25) is 4.98 Å². The molecule has 1 aliphatic heterocycles. The molecule has 4 aromatic heterocycles. The zero-order valence-electron chi connectivity index (χ0n) is 17.4. The van der Waals surface area contributed by atoms with E-state index in [1.807, 2.05) is 55.1 Å². The Kier molecular flexibility index (Phi) is 4.58. The zero-order valence-corrected chi connectivity index (χ0v) is 17.4. The lowest BCUT2D eigenvalue weighted by Crippen LogP contribution is -2.43. The van der Waals surface area contributed by atoms with Gasteiger partial charge in [-0.2, -0.15) is 5.10 Å². The molecule has 154 valence electrons. The predicted octanol–water partition coefficient (Wildman–Crippen LogP) is 2.21. The number of anilines is 1. The summed E-state index contributed by atoms with van der Waals surface area (Å²) in [4.78, 5) is 16.1. The number of para-hydroxylation sites is 1. The summed E-state index contributed by atoms with van der Waals surface area (Å²) in [5.41, 5.74) is 5.98. The molecule has 7 nitrogen and oxygen atoms in total. The smallest absolute Gasteiger partial charge is 0.162 e. The summed E-state index contributed by atoms with van der Waals surface area (Å²) in [6, 6.07) is 14.0. The van der Waals surface area contributed by atoms with Crippen molar-refractivity contribution in [3.05, 3.63) is 67.3 Å². The molecule has 8 heteroatoms. The number of pyridine rings is 2. The van der Waals surface area contributed by atoms with Gasteiger partial charge in [0.1, 0.15) is 13.7 Å². The van der Waals surface area contributed by atoms with Gasteiger partial charge in [0.05, 0.1) is 11.7 Å². The van der Waals surface area contributed by atoms with Crippen LogP contribution in [0.1, 0.15) is 0 Å². The Balaban J connectivity index is 1.37. The second kappa shape index (κ2) is 7.73. The minimum absolute atomic E-state index is 0.477. The molecule has 0 spiro atoms. The highest BCUT2D eigenvalue weighted by molar-refractivity contribution is 6.32. The maximum absolute atomic E-state index is 6.07. The normalized spacial score (nSPS) is 14.3. The lowest BCUT2D eigenvalue weighted by molar-refractivity contribution is 0.585. The molecular formula is C24H20BN7. The van der Waals surface area contributed by atoms with E-state index < -0.39 is 0 Å². The third kappa shape index (κ3) is 3.29. The van der Waals surface area contributed by atoms with Crippen molar-refractivity contribution in [3.8, 4) is 22.3 Å². The van der Waals surface area contributed by atoms with Crippen LogP contribution in [0.15, 0.2) is 67.3 Å². The van der Waals surface area contributed by atoms with Crippen molar-refractivity contribution >= 4 is 35.8 Å². The number of nitrogens with zero attached hydrogens (tertiary/aromatic N) is 6. The molecule has 1 aromatic carbocycles. The minimum atomic E-state index is 0.477.